The van der Waals surface area contributed by atoms with E-state index in [1.807, 2.05) is 12.3 Å². The summed E-state index contributed by atoms with van der Waals surface area (Å²) in [4.78, 5) is 10.9. The highest BCUT2D eigenvalue weighted by molar-refractivity contribution is 6.20. The number of hydrogen-bond acceptors (Lipinski definition) is 3. The molecule has 2 aliphatic heterocycles. The number of hydrogen-bond donors (Lipinski definition) is 1. The lowest BCUT2D eigenvalue weighted by Gasteiger charge is -2.46. The van der Waals surface area contributed by atoms with Gasteiger partial charge >= 0.3 is 0 Å². The second-order valence-electron chi connectivity index (χ2n) is 8.21. The van der Waals surface area contributed by atoms with Crippen molar-refractivity contribution >= 4 is 22.6 Å². The van der Waals surface area contributed by atoms with Crippen LogP contribution in [0.1, 0.15) is 62.3 Å². The Labute approximate surface area is 160 Å². The van der Waals surface area contributed by atoms with Crippen molar-refractivity contribution in [2.24, 2.45) is 5.92 Å². The molecule has 4 heterocycles. The molecule has 2 saturated heterocycles. The van der Waals surface area contributed by atoms with Gasteiger partial charge in [0, 0.05) is 42.7 Å². The van der Waals surface area contributed by atoms with Crippen molar-refractivity contribution in [1.82, 2.24) is 14.9 Å². The van der Waals surface area contributed by atoms with E-state index in [1.54, 1.807) is 0 Å². The minimum Gasteiger partial charge on any atom is -0.372 e. The summed E-state index contributed by atoms with van der Waals surface area (Å²) in [6, 6.07) is 4.89. The van der Waals surface area contributed by atoms with Gasteiger partial charge in [0.1, 0.15) is 5.65 Å². The molecule has 2 aromatic rings. The number of pyridine rings is 1. The Morgan fingerprint density at radius 2 is 2.12 bits per heavy atom. The lowest BCUT2D eigenvalue weighted by Crippen LogP contribution is -2.50. The van der Waals surface area contributed by atoms with Crippen LogP contribution in [-0.2, 0) is 11.3 Å². The van der Waals surface area contributed by atoms with Gasteiger partial charge in [-0.25, -0.2) is 4.98 Å². The van der Waals surface area contributed by atoms with Crippen molar-refractivity contribution in [3.63, 3.8) is 0 Å². The quantitative estimate of drug-likeness (QED) is 0.786. The number of likely N-dealkylation sites (tertiary alicyclic amines) is 1. The van der Waals surface area contributed by atoms with Crippen molar-refractivity contribution in [3.8, 4) is 0 Å². The zero-order valence-corrected chi connectivity index (χ0v) is 16.0. The van der Waals surface area contributed by atoms with Crippen molar-refractivity contribution in [2.75, 3.05) is 13.2 Å². The van der Waals surface area contributed by atoms with Crippen LogP contribution in [0.4, 0.5) is 0 Å². The third kappa shape index (κ3) is 2.96. The first-order chi connectivity index (χ1) is 12.8. The molecule has 0 radical (unpaired) electrons. The number of halogens is 1. The summed E-state index contributed by atoms with van der Waals surface area (Å²) in [7, 11) is 0. The molecule has 0 aromatic carbocycles. The number of fused-ring (bicyclic) bond motifs is 2. The number of ether oxygens (including phenoxy) is 1. The summed E-state index contributed by atoms with van der Waals surface area (Å²) in [5, 5.41) is 1.62. The van der Waals surface area contributed by atoms with Crippen LogP contribution < -0.4 is 0 Å². The second-order valence-corrected chi connectivity index (χ2v) is 8.77. The molecule has 3 fully saturated rings. The Kier molecular flexibility index (Phi) is 4.68. The molecule has 5 heteroatoms. The minimum atomic E-state index is 0.201. The summed E-state index contributed by atoms with van der Waals surface area (Å²) in [6.45, 7) is 2.97. The van der Waals surface area contributed by atoms with Crippen molar-refractivity contribution < 1.29 is 4.74 Å². The van der Waals surface area contributed by atoms with Gasteiger partial charge in [0.2, 0.25) is 0 Å². The highest BCUT2D eigenvalue weighted by Crippen LogP contribution is 2.40. The molecule has 4 nitrogen and oxygen atoms in total. The van der Waals surface area contributed by atoms with Gasteiger partial charge in [-0.3, -0.25) is 4.90 Å². The summed E-state index contributed by atoms with van der Waals surface area (Å²) >= 11 is 6.70. The lowest BCUT2D eigenvalue weighted by atomic mass is 9.78. The molecule has 26 heavy (non-hydrogen) atoms. The zero-order chi connectivity index (χ0) is 17.5. The molecule has 0 amide bonds. The van der Waals surface area contributed by atoms with Crippen LogP contribution in [0.5, 0.6) is 0 Å². The first-order valence-corrected chi connectivity index (χ1v) is 10.7. The van der Waals surface area contributed by atoms with E-state index in [-0.39, 0.29) is 6.10 Å². The van der Waals surface area contributed by atoms with Crippen molar-refractivity contribution in [3.05, 3.63) is 29.6 Å². The van der Waals surface area contributed by atoms with E-state index in [2.05, 4.69) is 20.9 Å². The fourth-order valence-electron chi connectivity index (χ4n) is 5.43. The number of piperidine rings is 1. The Balaban J connectivity index is 1.49. The van der Waals surface area contributed by atoms with E-state index in [0.717, 1.165) is 44.6 Å². The summed E-state index contributed by atoms with van der Waals surface area (Å²) in [6.07, 6.45) is 10.7. The predicted molar refractivity (Wildman–Crippen MR) is 104 cm³/mol. The minimum absolute atomic E-state index is 0.201. The molecular formula is C21H28ClN3O. The Morgan fingerprint density at radius 1 is 1.19 bits per heavy atom. The van der Waals surface area contributed by atoms with Crippen molar-refractivity contribution in [2.45, 2.75) is 69.0 Å². The highest BCUT2D eigenvalue weighted by Gasteiger charge is 2.39. The van der Waals surface area contributed by atoms with E-state index in [0.29, 0.717) is 17.3 Å². The second kappa shape index (κ2) is 7.14. The van der Waals surface area contributed by atoms with Crippen LogP contribution in [-0.4, -0.2) is 39.4 Å². The molecule has 3 aliphatic rings. The third-order valence-corrected chi connectivity index (χ3v) is 7.27. The van der Waals surface area contributed by atoms with Crippen LogP contribution in [0.25, 0.3) is 11.0 Å². The lowest BCUT2D eigenvalue weighted by molar-refractivity contribution is 0.0562. The number of aromatic amines is 1. The molecule has 2 aromatic heterocycles. The van der Waals surface area contributed by atoms with Gasteiger partial charge < -0.3 is 9.72 Å². The fraction of sp³-hybridized carbons (Fsp3) is 0.667. The van der Waals surface area contributed by atoms with Gasteiger partial charge in [0.05, 0.1) is 11.8 Å². The molecule has 140 valence electrons. The zero-order valence-electron chi connectivity index (χ0n) is 15.3. The van der Waals surface area contributed by atoms with Gasteiger partial charge in [-0.05, 0) is 55.7 Å². The number of rotatable bonds is 3. The average Bonchev–Trinajstić information content (AvgIpc) is 3.32. The Morgan fingerprint density at radius 3 is 3.00 bits per heavy atom. The van der Waals surface area contributed by atoms with E-state index in [9.17, 15) is 0 Å². The van der Waals surface area contributed by atoms with Crippen molar-refractivity contribution in [1.29, 1.82) is 0 Å². The number of alkyl halides is 1. The maximum Gasteiger partial charge on any atom is 0.137 e. The van der Waals surface area contributed by atoms with Gasteiger partial charge in [-0.2, -0.15) is 0 Å². The van der Waals surface area contributed by atoms with Crippen LogP contribution in [0.3, 0.4) is 0 Å². The van der Waals surface area contributed by atoms with E-state index < -0.39 is 0 Å². The van der Waals surface area contributed by atoms with Gasteiger partial charge in [0.15, 0.2) is 0 Å². The molecule has 0 unspecified atom stereocenters. The first kappa shape index (κ1) is 17.0. The van der Waals surface area contributed by atoms with Gasteiger partial charge in [0.25, 0.3) is 0 Å². The summed E-state index contributed by atoms with van der Waals surface area (Å²) in [5.41, 5.74) is 3.66. The van der Waals surface area contributed by atoms with Crippen LogP contribution >= 0.6 is 11.6 Å². The molecule has 5 rings (SSSR count). The van der Waals surface area contributed by atoms with E-state index >= 15 is 0 Å². The van der Waals surface area contributed by atoms with Crippen LogP contribution in [0.2, 0.25) is 0 Å². The van der Waals surface area contributed by atoms with E-state index in [4.69, 9.17) is 16.3 Å². The Hall–Kier alpha value is -1.10. The topological polar surface area (TPSA) is 41.1 Å². The van der Waals surface area contributed by atoms with Gasteiger partial charge in [-0.15, -0.1) is 11.6 Å². The summed E-state index contributed by atoms with van der Waals surface area (Å²) in [5.74, 6) is 0.661. The molecule has 1 aliphatic carbocycles. The standard InChI is InChI=1S/C21H28ClN3O/c22-17-9-11-25(18-7-2-1-5-15(17)18)13-16-14-6-3-10-23-21(14)24-20(16)19-8-4-12-26-19/h3,6,10,15,17-19H,1-2,4-5,7-9,11-13H2,(H,23,24)/t15-,17-,18-,19+/m1/s1. The maximum absolute atomic E-state index is 6.70. The number of H-pyrrole nitrogens is 1. The predicted octanol–water partition coefficient (Wildman–Crippen LogP) is 4.79. The van der Waals surface area contributed by atoms with E-state index in [1.165, 1.54) is 42.3 Å². The molecule has 0 spiro atoms. The molecular weight excluding hydrogens is 346 g/mol. The van der Waals surface area contributed by atoms with Gasteiger partial charge in [-0.1, -0.05) is 12.8 Å². The smallest absolute Gasteiger partial charge is 0.137 e. The largest absolute Gasteiger partial charge is 0.372 e. The number of aromatic nitrogens is 2. The summed E-state index contributed by atoms with van der Waals surface area (Å²) < 4.78 is 6.02. The molecule has 4 atom stereocenters. The first-order valence-electron chi connectivity index (χ1n) is 10.3. The Bertz CT molecular complexity index is 770. The highest BCUT2D eigenvalue weighted by atomic mass is 35.5. The normalized spacial score (nSPS) is 32.8. The average molecular weight is 374 g/mol. The van der Waals surface area contributed by atoms with Crippen LogP contribution in [0, 0.1) is 5.92 Å². The maximum atomic E-state index is 6.70. The number of nitrogens with one attached hydrogen (secondary N) is 1. The third-order valence-electron chi connectivity index (χ3n) is 6.73. The monoisotopic (exact) mass is 373 g/mol. The molecule has 1 N–H and O–H groups in total. The molecule has 0 bridgehead atoms. The fourth-order valence-corrected chi connectivity index (χ4v) is 5.82. The molecule has 1 saturated carbocycles. The van der Waals surface area contributed by atoms with Crippen LogP contribution in [0.15, 0.2) is 18.3 Å². The SMILES string of the molecule is Cl[C@@H]1CCN(Cc2c([C@@H]3CCCO3)[nH]c3ncccc23)[C@@H]2CCCC[C@H]12. The number of nitrogens with zero attached hydrogens (tertiary/aromatic N) is 2.